The van der Waals surface area contributed by atoms with E-state index >= 15 is 0 Å². The first kappa shape index (κ1) is 13.1. The van der Waals surface area contributed by atoms with Crippen LogP contribution in [-0.4, -0.2) is 24.3 Å². The Labute approximate surface area is 85.2 Å². The number of hydrogen-bond acceptors (Lipinski definition) is 3. The molecule has 14 heavy (non-hydrogen) atoms. The van der Waals surface area contributed by atoms with E-state index < -0.39 is 0 Å². The largest absolute Gasteiger partial charge is 0.370 e. The van der Waals surface area contributed by atoms with Crippen molar-refractivity contribution in [1.82, 2.24) is 5.32 Å². The summed E-state index contributed by atoms with van der Waals surface area (Å²) in [4.78, 5) is 22.0. The van der Waals surface area contributed by atoms with Gasteiger partial charge in [-0.05, 0) is 19.4 Å². The predicted molar refractivity (Wildman–Crippen MR) is 55.8 cm³/mol. The minimum absolute atomic E-state index is 0.153. The highest BCUT2D eigenvalue weighted by molar-refractivity contribution is 5.84. The minimum atomic E-state index is -0.350. The molecule has 0 saturated carbocycles. The van der Waals surface area contributed by atoms with Gasteiger partial charge in [0.2, 0.25) is 5.91 Å². The van der Waals surface area contributed by atoms with Crippen molar-refractivity contribution in [3.8, 4) is 0 Å². The third kappa shape index (κ3) is 5.70. The van der Waals surface area contributed by atoms with Crippen molar-refractivity contribution in [1.29, 1.82) is 0 Å². The first-order valence-electron chi connectivity index (χ1n) is 5.16. The normalized spacial score (nSPS) is 12.4. The topological polar surface area (TPSA) is 72.2 Å². The molecule has 0 aromatic rings. The summed E-state index contributed by atoms with van der Waals surface area (Å²) in [5, 5.41) is 3.12. The molecule has 4 nitrogen and oxygen atoms in total. The van der Waals surface area contributed by atoms with Crippen molar-refractivity contribution in [2.75, 3.05) is 6.54 Å². The highest BCUT2D eigenvalue weighted by Crippen LogP contribution is 2.01. The van der Waals surface area contributed by atoms with Gasteiger partial charge in [0, 0.05) is 12.8 Å². The third-order valence-corrected chi connectivity index (χ3v) is 2.06. The number of ketones is 1. The van der Waals surface area contributed by atoms with Gasteiger partial charge in [0.25, 0.3) is 0 Å². The average Bonchev–Trinajstić information content (AvgIpc) is 2.16. The SMILES string of the molecule is CCCN[C@@H](CCC(N)=O)C(=O)CC. The van der Waals surface area contributed by atoms with Gasteiger partial charge in [0.1, 0.15) is 5.78 Å². The van der Waals surface area contributed by atoms with Crippen molar-refractivity contribution >= 4 is 11.7 Å². The number of primary amides is 1. The standard InChI is InChI=1S/C10H20N2O2/c1-3-7-12-8(9(13)4-2)5-6-10(11)14/h8,12H,3-7H2,1-2H3,(H2,11,14)/t8-/m0/s1. The molecular formula is C10H20N2O2. The Morgan fingerprint density at radius 2 is 2.00 bits per heavy atom. The summed E-state index contributed by atoms with van der Waals surface area (Å²) in [5.74, 6) is -0.197. The molecule has 0 heterocycles. The molecular weight excluding hydrogens is 180 g/mol. The number of carbonyl (C=O) groups is 2. The second kappa shape index (κ2) is 7.50. The number of amides is 1. The van der Waals surface area contributed by atoms with Crippen LogP contribution in [0.25, 0.3) is 0 Å². The average molecular weight is 200 g/mol. The predicted octanol–water partition coefficient (Wildman–Crippen LogP) is 0.599. The molecule has 4 heteroatoms. The van der Waals surface area contributed by atoms with E-state index in [2.05, 4.69) is 5.32 Å². The highest BCUT2D eigenvalue weighted by atomic mass is 16.1. The van der Waals surface area contributed by atoms with Crippen LogP contribution in [0.15, 0.2) is 0 Å². The smallest absolute Gasteiger partial charge is 0.217 e. The Morgan fingerprint density at radius 3 is 2.43 bits per heavy atom. The minimum Gasteiger partial charge on any atom is -0.370 e. The van der Waals surface area contributed by atoms with Crippen LogP contribution in [0.2, 0.25) is 0 Å². The lowest BCUT2D eigenvalue weighted by atomic mass is 10.0. The van der Waals surface area contributed by atoms with Crippen LogP contribution in [0.5, 0.6) is 0 Å². The lowest BCUT2D eigenvalue weighted by Crippen LogP contribution is -2.37. The fourth-order valence-electron chi connectivity index (χ4n) is 1.23. The summed E-state index contributed by atoms with van der Waals surface area (Å²) in [6, 6.07) is -0.201. The molecule has 0 aromatic carbocycles. The Hall–Kier alpha value is -0.900. The summed E-state index contributed by atoms with van der Waals surface area (Å²) < 4.78 is 0. The van der Waals surface area contributed by atoms with Gasteiger partial charge >= 0.3 is 0 Å². The number of nitrogens with one attached hydrogen (secondary N) is 1. The van der Waals surface area contributed by atoms with E-state index in [1.807, 2.05) is 13.8 Å². The van der Waals surface area contributed by atoms with Crippen molar-refractivity contribution in [2.45, 2.75) is 45.6 Å². The number of rotatable bonds is 8. The van der Waals surface area contributed by atoms with Crippen LogP contribution < -0.4 is 11.1 Å². The monoisotopic (exact) mass is 200 g/mol. The Morgan fingerprint density at radius 1 is 1.36 bits per heavy atom. The van der Waals surface area contributed by atoms with Gasteiger partial charge in [-0.1, -0.05) is 13.8 Å². The van der Waals surface area contributed by atoms with Gasteiger partial charge < -0.3 is 11.1 Å². The van der Waals surface area contributed by atoms with Gasteiger partial charge in [0.15, 0.2) is 0 Å². The molecule has 0 radical (unpaired) electrons. The van der Waals surface area contributed by atoms with E-state index in [1.54, 1.807) is 0 Å². The third-order valence-electron chi connectivity index (χ3n) is 2.06. The maximum Gasteiger partial charge on any atom is 0.217 e. The van der Waals surface area contributed by atoms with E-state index in [1.165, 1.54) is 0 Å². The molecule has 0 aromatic heterocycles. The highest BCUT2D eigenvalue weighted by Gasteiger charge is 2.15. The molecule has 1 atom stereocenters. The zero-order chi connectivity index (χ0) is 11.0. The van der Waals surface area contributed by atoms with Crippen molar-refractivity contribution in [3.05, 3.63) is 0 Å². The van der Waals surface area contributed by atoms with Gasteiger partial charge in [-0.3, -0.25) is 9.59 Å². The molecule has 0 rings (SSSR count). The molecule has 0 bridgehead atoms. The Kier molecular flexibility index (Phi) is 7.02. The molecule has 0 saturated heterocycles. The van der Waals surface area contributed by atoms with Gasteiger partial charge in [0.05, 0.1) is 6.04 Å². The van der Waals surface area contributed by atoms with Crippen molar-refractivity contribution in [2.24, 2.45) is 5.73 Å². The van der Waals surface area contributed by atoms with Crippen LogP contribution in [0, 0.1) is 0 Å². The van der Waals surface area contributed by atoms with Gasteiger partial charge in [-0.2, -0.15) is 0 Å². The lowest BCUT2D eigenvalue weighted by Gasteiger charge is -2.15. The molecule has 0 spiro atoms. The van der Waals surface area contributed by atoms with Crippen molar-refractivity contribution in [3.63, 3.8) is 0 Å². The van der Waals surface area contributed by atoms with Crippen LogP contribution in [0.3, 0.4) is 0 Å². The second-order valence-corrected chi connectivity index (χ2v) is 3.33. The van der Waals surface area contributed by atoms with Crippen molar-refractivity contribution < 1.29 is 9.59 Å². The van der Waals surface area contributed by atoms with E-state index in [4.69, 9.17) is 5.73 Å². The maximum absolute atomic E-state index is 11.4. The number of nitrogens with two attached hydrogens (primary N) is 1. The fraction of sp³-hybridized carbons (Fsp3) is 0.800. The quantitative estimate of drug-likeness (QED) is 0.602. The summed E-state index contributed by atoms with van der Waals surface area (Å²) in [6.45, 7) is 4.66. The number of hydrogen-bond donors (Lipinski definition) is 2. The molecule has 0 aliphatic carbocycles. The zero-order valence-electron chi connectivity index (χ0n) is 9.01. The maximum atomic E-state index is 11.4. The van der Waals surface area contributed by atoms with Crippen LogP contribution >= 0.6 is 0 Å². The summed E-state index contributed by atoms with van der Waals surface area (Å²) in [5.41, 5.74) is 5.03. The van der Waals surface area contributed by atoms with Crippen LogP contribution in [0.1, 0.15) is 39.5 Å². The molecule has 82 valence electrons. The second-order valence-electron chi connectivity index (χ2n) is 3.33. The lowest BCUT2D eigenvalue weighted by molar-refractivity contribution is -0.121. The Balaban J connectivity index is 3.96. The molecule has 0 aliphatic heterocycles. The summed E-state index contributed by atoms with van der Waals surface area (Å²) in [7, 11) is 0. The van der Waals surface area contributed by atoms with E-state index in [0.717, 1.165) is 13.0 Å². The first-order valence-corrected chi connectivity index (χ1v) is 5.16. The van der Waals surface area contributed by atoms with Crippen LogP contribution in [0.4, 0.5) is 0 Å². The van der Waals surface area contributed by atoms with E-state index in [0.29, 0.717) is 12.8 Å². The van der Waals surface area contributed by atoms with Gasteiger partial charge in [-0.25, -0.2) is 0 Å². The molecule has 0 aliphatic rings. The summed E-state index contributed by atoms with van der Waals surface area (Å²) in [6.07, 6.45) is 2.26. The Bertz CT molecular complexity index is 193. The van der Waals surface area contributed by atoms with E-state index in [9.17, 15) is 9.59 Å². The number of carbonyl (C=O) groups excluding carboxylic acids is 2. The van der Waals surface area contributed by atoms with Gasteiger partial charge in [-0.15, -0.1) is 0 Å². The van der Waals surface area contributed by atoms with E-state index in [-0.39, 0.29) is 24.2 Å². The fourth-order valence-corrected chi connectivity index (χ4v) is 1.23. The molecule has 1 amide bonds. The van der Waals surface area contributed by atoms with Crippen LogP contribution in [-0.2, 0) is 9.59 Å². The zero-order valence-corrected chi connectivity index (χ0v) is 9.01. The molecule has 0 unspecified atom stereocenters. The first-order chi connectivity index (χ1) is 6.61. The number of Topliss-reactive ketones (excluding diaryl/α,β-unsaturated/α-hetero) is 1. The molecule has 3 N–H and O–H groups in total. The summed E-state index contributed by atoms with van der Waals surface area (Å²) >= 11 is 0. The molecule has 0 fully saturated rings.